The lowest BCUT2D eigenvalue weighted by Gasteiger charge is -2.50. The van der Waals surface area contributed by atoms with Crippen LogP contribution in [0.15, 0.2) is 58.1 Å². The zero-order chi connectivity index (χ0) is 30.1. The van der Waals surface area contributed by atoms with E-state index in [0.29, 0.717) is 28.1 Å². The molecule has 7 N–H and O–H groups in total. The average molecular weight is 562 g/mol. The molecule has 0 spiro atoms. The van der Waals surface area contributed by atoms with E-state index in [0.717, 1.165) is 0 Å². The number of phenolic OH excluding ortho intramolecular Hbond substituents is 1. The van der Waals surface area contributed by atoms with Crippen LogP contribution in [0, 0.1) is 16.7 Å². The van der Waals surface area contributed by atoms with Gasteiger partial charge in [0.05, 0.1) is 11.6 Å². The average Bonchev–Trinajstić information content (AvgIpc) is 2.88. The number of ketones is 2. The van der Waals surface area contributed by atoms with Crippen molar-refractivity contribution in [3.63, 3.8) is 0 Å². The number of phenols is 1. The molecule has 4 atom stereocenters. The first kappa shape index (κ1) is 28.0. The number of likely N-dealkylation sites (N-methyl/N-ethyl adjacent to an activating group) is 1. The van der Waals surface area contributed by atoms with E-state index in [-0.39, 0.29) is 29.7 Å². The number of aromatic hydroxyl groups is 1. The molecule has 41 heavy (non-hydrogen) atoms. The van der Waals surface area contributed by atoms with E-state index >= 15 is 0 Å². The van der Waals surface area contributed by atoms with Gasteiger partial charge in [0.1, 0.15) is 22.8 Å². The van der Waals surface area contributed by atoms with Gasteiger partial charge in [0.2, 0.25) is 0 Å². The van der Waals surface area contributed by atoms with Gasteiger partial charge in [-0.3, -0.25) is 19.3 Å². The molecular formula is C29H31N5O7. The number of primary amides is 1. The number of carbonyl (C=O) groups excluding carboxylic acids is 3. The first-order chi connectivity index (χ1) is 19.2. The topological polar surface area (TPSA) is 200 Å². The molecule has 0 bridgehead atoms. The van der Waals surface area contributed by atoms with Crippen molar-refractivity contribution >= 4 is 28.8 Å². The SMILES string of the molecule is CN(C)c1cc(-c2cccc(N)c2)c(O)c2c1C[C@H]1C[C@H]3[C@H](N(C)C)C(=O)C(C(N)=O)=C(O)[C@@]3(O)C(N=O)=C1C2=O. The van der Waals surface area contributed by atoms with Crippen LogP contribution in [0.25, 0.3) is 11.1 Å². The summed E-state index contributed by atoms with van der Waals surface area (Å²) in [5.41, 5.74) is 9.41. The molecule has 2 aromatic carbocycles. The number of nitroso groups, excluding NO2 is 1. The fraction of sp³-hybridized carbons (Fsp3) is 0.345. The quantitative estimate of drug-likeness (QED) is 0.203. The van der Waals surface area contributed by atoms with E-state index in [4.69, 9.17) is 11.5 Å². The summed E-state index contributed by atoms with van der Waals surface area (Å²) >= 11 is 0. The molecule has 0 aliphatic heterocycles. The van der Waals surface area contributed by atoms with Crippen molar-refractivity contribution in [3.05, 3.63) is 69.0 Å². The number of nitrogens with zero attached hydrogens (tertiary/aromatic N) is 3. The highest BCUT2D eigenvalue weighted by Crippen LogP contribution is 2.55. The summed E-state index contributed by atoms with van der Waals surface area (Å²) in [5.74, 6) is -6.11. The third-order valence-corrected chi connectivity index (χ3v) is 8.47. The summed E-state index contributed by atoms with van der Waals surface area (Å²) in [6.45, 7) is 0. The smallest absolute Gasteiger partial charge is 0.255 e. The lowest BCUT2D eigenvalue weighted by Crippen LogP contribution is -2.62. The molecule has 0 aromatic heterocycles. The summed E-state index contributed by atoms with van der Waals surface area (Å²) < 4.78 is 0. The highest BCUT2D eigenvalue weighted by Gasteiger charge is 2.62. The maximum atomic E-state index is 14.2. The largest absolute Gasteiger partial charge is 0.508 e. The number of anilines is 2. The second kappa shape index (κ2) is 9.53. The van der Waals surface area contributed by atoms with Gasteiger partial charge in [0.25, 0.3) is 5.91 Å². The van der Waals surface area contributed by atoms with Crippen LogP contribution in [0.5, 0.6) is 5.75 Å². The Balaban J connectivity index is 1.82. The molecule has 0 fully saturated rings. The first-order valence-electron chi connectivity index (χ1n) is 13.0. The van der Waals surface area contributed by atoms with Gasteiger partial charge >= 0.3 is 0 Å². The molecule has 12 nitrogen and oxygen atoms in total. The number of aliphatic hydroxyl groups is 2. The Kier molecular flexibility index (Phi) is 6.51. The fourth-order valence-corrected chi connectivity index (χ4v) is 6.74. The molecule has 2 aromatic rings. The van der Waals surface area contributed by atoms with Crippen LogP contribution in [0.1, 0.15) is 22.3 Å². The highest BCUT2D eigenvalue weighted by atomic mass is 16.3. The van der Waals surface area contributed by atoms with Crippen molar-refractivity contribution in [2.75, 3.05) is 38.8 Å². The number of allylic oxidation sites excluding steroid dienone is 1. The second-order valence-corrected chi connectivity index (χ2v) is 11.2. The number of benzene rings is 2. The highest BCUT2D eigenvalue weighted by molar-refractivity contribution is 6.22. The van der Waals surface area contributed by atoms with E-state index in [9.17, 15) is 34.6 Å². The van der Waals surface area contributed by atoms with Gasteiger partial charge in [0, 0.05) is 42.5 Å². The van der Waals surface area contributed by atoms with Crippen molar-refractivity contribution in [1.29, 1.82) is 0 Å². The Morgan fingerprint density at radius 3 is 2.37 bits per heavy atom. The predicted octanol–water partition coefficient (Wildman–Crippen LogP) is 1.64. The number of hydrogen-bond donors (Lipinski definition) is 5. The number of carbonyl (C=O) groups is 3. The predicted molar refractivity (Wildman–Crippen MR) is 151 cm³/mol. The van der Waals surface area contributed by atoms with Gasteiger partial charge in [-0.15, -0.1) is 4.91 Å². The van der Waals surface area contributed by atoms with Gasteiger partial charge in [-0.05, 0) is 67.4 Å². The summed E-state index contributed by atoms with van der Waals surface area (Å²) in [5, 5.41) is 37.6. The Morgan fingerprint density at radius 1 is 1.12 bits per heavy atom. The zero-order valence-corrected chi connectivity index (χ0v) is 23.0. The van der Waals surface area contributed by atoms with Crippen LogP contribution in [-0.2, 0) is 16.0 Å². The molecule has 12 heteroatoms. The van der Waals surface area contributed by atoms with Crippen LogP contribution in [-0.4, -0.2) is 77.5 Å². The molecule has 0 heterocycles. The zero-order valence-electron chi connectivity index (χ0n) is 23.0. The van der Waals surface area contributed by atoms with E-state index in [1.807, 2.05) is 0 Å². The van der Waals surface area contributed by atoms with Crippen molar-refractivity contribution in [2.45, 2.75) is 24.5 Å². The molecule has 3 aliphatic carbocycles. The van der Waals surface area contributed by atoms with E-state index < -0.39 is 58.0 Å². The summed E-state index contributed by atoms with van der Waals surface area (Å²) in [6.07, 6.45) is 0.160. The van der Waals surface area contributed by atoms with Gasteiger partial charge in [0.15, 0.2) is 17.2 Å². The van der Waals surface area contributed by atoms with Gasteiger partial charge in [-0.25, -0.2) is 0 Å². The minimum absolute atomic E-state index is 0.00861. The normalized spacial score (nSPS) is 25.6. The number of aliphatic hydroxyl groups excluding tert-OH is 1. The molecule has 5 rings (SSSR count). The van der Waals surface area contributed by atoms with E-state index in [2.05, 4.69) is 5.18 Å². The summed E-state index contributed by atoms with van der Waals surface area (Å²) in [4.78, 5) is 55.5. The monoisotopic (exact) mass is 561 g/mol. The maximum absolute atomic E-state index is 14.2. The Bertz CT molecular complexity index is 1610. The Hall–Kier alpha value is -4.55. The maximum Gasteiger partial charge on any atom is 0.255 e. The number of nitrogens with two attached hydrogens (primary N) is 2. The van der Waals surface area contributed by atoms with Crippen LogP contribution < -0.4 is 16.4 Å². The van der Waals surface area contributed by atoms with Crippen LogP contribution >= 0.6 is 0 Å². The van der Waals surface area contributed by atoms with Crippen LogP contribution in [0.2, 0.25) is 0 Å². The summed E-state index contributed by atoms with van der Waals surface area (Å²) in [6, 6.07) is 7.38. The Labute approximate surface area is 235 Å². The van der Waals surface area contributed by atoms with Crippen molar-refractivity contribution in [3.8, 4) is 16.9 Å². The number of nitrogen functional groups attached to an aromatic ring is 1. The lowest BCUT2D eigenvalue weighted by molar-refractivity contribution is -0.134. The number of fused-ring (bicyclic) bond motifs is 3. The van der Waals surface area contributed by atoms with Crippen molar-refractivity contribution in [1.82, 2.24) is 4.90 Å². The minimum Gasteiger partial charge on any atom is -0.508 e. The molecule has 3 aliphatic rings. The molecular weight excluding hydrogens is 530 g/mol. The molecule has 0 saturated heterocycles. The summed E-state index contributed by atoms with van der Waals surface area (Å²) in [7, 11) is 6.69. The lowest BCUT2D eigenvalue weighted by atomic mass is 9.58. The molecule has 0 radical (unpaired) electrons. The first-order valence-corrected chi connectivity index (χ1v) is 13.0. The third kappa shape index (κ3) is 3.85. The molecule has 214 valence electrons. The van der Waals surface area contributed by atoms with Crippen molar-refractivity contribution in [2.24, 2.45) is 22.7 Å². The number of rotatable bonds is 5. The number of hydrogen-bond acceptors (Lipinski definition) is 11. The van der Waals surface area contributed by atoms with E-state index in [1.165, 1.54) is 4.90 Å². The van der Waals surface area contributed by atoms with E-state index in [1.54, 1.807) is 63.4 Å². The number of amides is 1. The van der Waals surface area contributed by atoms with Gasteiger partial charge in [-0.1, -0.05) is 12.1 Å². The standard InChI is InChI=1S/C29H31N5O7/c1-33(2)18-11-15(12-6-5-7-14(30)8-12)23(35)20-16(18)9-13-10-17-22(34(3)4)25(37)21(28(31)39)27(38)29(17,40)26(32-41)19(13)24(20)36/h5-8,11,13,17,22,35,38,40H,9-10,30H2,1-4H3,(H2,31,39)/t13-,17-,22-,29-/m0/s1. The van der Waals surface area contributed by atoms with Crippen molar-refractivity contribution < 1.29 is 29.7 Å². The van der Waals surface area contributed by atoms with Crippen LogP contribution in [0.3, 0.4) is 0 Å². The molecule has 1 amide bonds. The minimum atomic E-state index is -2.64. The van der Waals surface area contributed by atoms with Gasteiger partial charge < -0.3 is 31.7 Å². The molecule has 0 saturated carbocycles. The van der Waals surface area contributed by atoms with Crippen LogP contribution in [0.4, 0.5) is 11.4 Å². The third-order valence-electron chi connectivity index (χ3n) is 8.47. The molecule has 0 unspecified atom stereocenters. The number of Topliss-reactive ketones (excluding diaryl/α,β-unsaturated/α-hetero) is 2. The fourth-order valence-electron chi connectivity index (χ4n) is 6.74. The van der Waals surface area contributed by atoms with Gasteiger partial charge in [-0.2, -0.15) is 0 Å². The second-order valence-electron chi connectivity index (χ2n) is 11.2. The Morgan fingerprint density at radius 2 is 1.80 bits per heavy atom.